The summed E-state index contributed by atoms with van der Waals surface area (Å²) in [5.74, 6) is 0. The fraction of sp³-hybridized carbons (Fsp3) is 0.320. The van der Waals surface area contributed by atoms with Crippen LogP contribution in [0.3, 0.4) is 0 Å². The Morgan fingerprint density at radius 1 is 0.808 bits per heavy atom. The van der Waals surface area contributed by atoms with Crippen LogP contribution in [0.25, 0.3) is 21.9 Å². The Bertz CT molecular complexity index is 687. The van der Waals surface area contributed by atoms with Gasteiger partial charge in [-0.05, 0) is 12.0 Å². The summed E-state index contributed by atoms with van der Waals surface area (Å²) in [5.41, 5.74) is 4.05. The fourth-order valence-corrected chi connectivity index (χ4v) is 2.37. The average Bonchev–Trinajstić information content (AvgIpc) is 3.12. The van der Waals surface area contributed by atoms with Crippen molar-refractivity contribution in [1.29, 1.82) is 0 Å². The molecule has 3 aromatic rings. The molecule has 0 amide bonds. The Morgan fingerprint density at radius 3 is 1.88 bits per heavy atom. The van der Waals surface area contributed by atoms with Gasteiger partial charge in [0.15, 0.2) is 0 Å². The smallest absolute Gasteiger partial charge is 0.343 e. The number of rotatable bonds is 4. The van der Waals surface area contributed by atoms with Crippen LogP contribution in [0.2, 0.25) is 0 Å². The molecule has 0 aliphatic heterocycles. The van der Waals surface area contributed by atoms with Crippen molar-refractivity contribution in [2.75, 3.05) is 0 Å². The van der Waals surface area contributed by atoms with Gasteiger partial charge in [-0.25, -0.2) is 0 Å². The Kier molecular flexibility index (Phi) is 14.4. The molecule has 0 saturated carbocycles. The van der Waals surface area contributed by atoms with Crippen molar-refractivity contribution < 1.29 is 25.8 Å². The monoisotopic (exact) mass is 513 g/mol. The molecule has 0 atom stereocenters. The molecule has 0 unspecified atom stereocenters. The van der Waals surface area contributed by atoms with Gasteiger partial charge in [0.1, 0.15) is 0 Å². The first-order chi connectivity index (χ1) is 12.2. The number of fused-ring (bicyclic) bond motifs is 1. The van der Waals surface area contributed by atoms with Gasteiger partial charge in [0, 0.05) is 0 Å². The zero-order chi connectivity index (χ0) is 18.5. The normalized spacial score (nSPS) is 9.42. The van der Waals surface area contributed by atoms with Crippen LogP contribution in [-0.4, -0.2) is 0 Å². The van der Waals surface area contributed by atoms with Crippen LogP contribution in [0.1, 0.15) is 52.0 Å². The molecular formula is C25H33Hf+. The van der Waals surface area contributed by atoms with Crippen LogP contribution in [0.5, 0.6) is 0 Å². The second kappa shape index (κ2) is 15.0. The van der Waals surface area contributed by atoms with E-state index in [2.05, 4.69) is 95.3 Å². The van der Waals surface area contributed by atoms with Crippen molar-refractivity contribution >= 4 is 10.8 Å². The zero-order valence-corrected chi connectivity index (χ0v) is 20.3. The van der Waals surface area contributed by atoms with Crippen molar-refractivity contribution in [3.05, 3.63) is 80.1 Å². The quantitative estimate of drug-likeness (QED) is 0.246. The van der Waals surface area contributed by atoms with Crippen molar-refractivity contribution in [3.8, 4) is 11.1 Å². The predicted octanol–water partition coefficient (Wildman–Crippen LogP) is 8.03. The third-order valence-corrected chi connectivity index (χ3v) is 4.01. The van der Waals surface area contributed by atoms with E-state index in [-0.39, 0.29) is 25.8 Å². The molecule has 0 N–H and O–H groups in total. The summed E-state index contributed by atoms with van der Waals surface area (Å²) in [4.78, 5) is 0. The SMILES string of the molecule is CCc1cc2c(-c3ccccc3)cccc2[cH-]1.[CH2-]CCC.[CH2-]CCC.[Hf+4]. The van der Waals surface area contributed by atoms with Crippen LogP contribution >= 0.6 is 0 Å². The second-order valence-electron chi connectivity index (χ2n) is 6.10. The van der Waals surface area contributed by atoms with Crippen LogP contribution in [-0.2, 0) is 32.3 Å². The maximum atomic E-state index is 3.60. The summed E-state index contributed by atoms with van der Waals surface area (Å²) in [6, 6.07) is 21.8. The summed E-state index contributed by atoms with van der Waals surface area (Å²) in [6.07, 6.45) is 5.66. The van der Waals surface area contributed by atoms with Gasteiger partial charge in [0.25, 0.3) is 0 Å². The van der Waals surface area contributed by atoms with E-state index >= 15 is 0 Å². The van der Waals surface area contributed by atoms with Gasteiger partial charge < -0.3 is 13.8 Å². The molecule has 0 aromatic heterocycles. The van der Waals surface area contributed by atoms with Gasteiger partial charge in [0.05, 0.1) is 0 Å². The zero-order valence-electron chi connectivity index (χ0n) is 16.7. The third kappa shape index (κ3) is 8.08. The molecule has 0 fully saturated rings. The van der Waals surface area contributed by atoms with E-state index in [0.717, 1.165) is 19.3 Å². The fourth-order valence-electron chi connectivity index (χ4n) is 2.37. The first-order valence-electron chi connectivity index (χ1n) is 9.53. The minimum Gasteiger partial charge on any atom is -0.343 e. The number of hydrogen-bond donors (Lipinski definition) is 0. The summed E-state index contributed by atoms with van der Waals surface area (Å²) >= 11 is 0. The summed E-state index contributed by atoms with van der Waals surface area (Å²) in [6.45, 7) is 13.6. The van der Waals surface area contributed by atoms with Crippen molar-refractivity contribution in [1.82, 2.24) is 0 Å². The standard InChI is InChI=1S/C17H15.2C4H9.Hf/c1-2-13-11-15-9-6-10-16(17(15)12-13)14-7-4-3-5-8-14;2*1-3-4-2;/h3-12H,2H2,1H3;2*1,3-4H2,2H3;/q3*-1;+4. The van der Waals surface area contributed by atoms with Crippen LogP contribution < -0.4 is 0 Å². The van der Waals surface area contributed by atoms with Crippen molar-refractivity contribution in [3.63, 3.8) is 0 Å². The molecule has 0 saturated heterocycles. The van der Waals surface area contributed by atoms with Crippen LogP contribution in [0.15, 0.2) is 60.7 Å². The summed E-state index contributed by atoms with van der Waals surface area (Å²) in [7, 11) is 0. The molecule has 0 nitrogen and oxygen atoms in total. The number of unbranched alkanes of at least 4 members (excludes halogenated alkanes) is 2. The summed E-state index contributed by atoms with van der Waals surface area (Å²) < 4.78 is 0. The largest absolute Gasteiger partial charge is 4.00 e. The molecule has 0 spiro atoms. The summed E-state index contributed by atoms with van der Waals surface area (Å²) in [5, 5.41) is 2.72. The average molecular weight is 512 g/mol. The van der Waals surface area contributed by atoms with Gasteiger partial charge in [-0.2, -0.15) is 18.9 Å². The molecule has 0 aliphatic rings. The molecule has 26 heavy (non-hydrogen) atoms. The molecular weight excluding hydrogens is 479 g/mol. The molecule has 0 bridgehead atoms. The van der Waals surface area contributed by atoms with Crippen molar-refractivity contribution in [2.45, 2.75) is 52.9 Å². The first kappa shape index (κ1) is 24.9. The number of benzene rings is 2. The Hall–Kier alpha value is -1.08. The van der Waals surface area contributed by atoms with E-state index in [1.54, 1.807) is 0 Å². The topological polar surface area (TPSA) is 0 Å². The minimum atomic E-state index is 0. The van der Waals surface area contributed by atoms with Crippen LogP contribution in [0, 0.1) is 13.8 Å². The molecule has 3 rings (SSSR count). The molecule has 0 aliphatic carbocycles. The maximum absolute atomic E-state index is 3.60. The predicted molar refractivity (Wildman–Crippen MR) is 115 cm³/mol. The molecule has 0 radical (unpaired) electrons. The van der Waals surface area contributed by atoms with Crippen LogP contribution in [0.4, 0.5) is 0 Å². The third-order valence-electron chi connectivity index (χ3n) is 4.01. The van der Waals surface area contributed by atoms with E-state index in [1.807, 2.05) is 0 Å². The van der Waals surface area contributed by atoms with Gasteiger partial charge >= 0.3 is 25.8 Å². The molecule has 1 heteroatoms. The molecule has 136 valence electrons. The van der Waals surface area contributed by atoms with E-state index in [9.17, 15) is 0 Å². The van der Waals surface area contributed by atoms with E-state index in [1.165, 1.54) is 40.3 Å². The number of hydrogen-bond acceptors (Lipinski definition) is 0. The Morgan fingerprint density at radius 2 is 1.38 bits per heavy atom. The van der Waals surface area contributed by atoms with Gasteiger partial charge in [0.2, 0.25) is 0 Å². The molecule has 0 heterocycles. The van der Waals surface area contributed by atoms with Gasteiger partial charge in [-0.15, -0.1) is 34.5 Å². The molecule has 3 aromatic carbocycles. The van der Waals surface area contributed by atoms with E-state index in [0.29, 0.717) is 0 Å². The minimum absolute atomic E-state index is 0. The Balaban J connectivity index is 0.000000596. The Labute approximate surface area is 180 Å². The maximum Gasteiger partial charge on any atom is 4.00 e. The second-order valence-corrected chi connectivity index (χ2v) is 6.10. The van der Waals surface area contributed by atoms with E-state index in [4.69, 9.17) is 0 Å². The first-order valence-corrected chi connectivity index (χ1v) is 9.53. The van der Waals surface area contributed by atoms with E-state index < -0.39 is 0 Å². The van der Waals surface area contributed by atoms with Gasteiger partial charge in [-0.1, -0.05) is 75.6 Å². The number of aryl methyl sites for hydroxylation is 1. The van der Waals surface area contributed by atoms with Gasteiger partial charge in [-0.3, -0.25) is 0 Å². The van der Waals surface area contributed by atoms with Crippen molar-refractivity contribution in [2.24, 2.45) is 0 Å².